The smallest absolute Gasteiger partial charge is 0.219 e. The van der Waals surface area contributed by atoms with Gasteiger partial charge in [0, 0.05) is 30.8 Å². The highest BCUT2D eigenvalue weighted by atomic mass is 32.2. The molecule has 2 atom stereocenters. The van der Waals surface area contributed by atoms with Gasteiger partial charge in [-0.15, -0.1) is 0 Å². The third-order valence-electron chi connectivity index (χ3n) is 2.77. The minimum atomic E-state index is -0.266. The number of hydrogen-bond acceptors (Lipinski definition) is 4. The maximum Gasteiger partial charge on any atom is 0.219 e. The fourth-order valence-corrected chi connectivity index (χ4v) is 3.05. The van der Waals surface area contributed by atoms with Crippen molar-refractivity contribution in [1.29, 1.82) is 0 Å². The van der Waals surface area contributed by atoms with Crippen molar-refractivity contribution < 1.29 is 4.79 Å². The molecule has 0 aromatic heterocycles. The Labute approximate surface area is 89.4 Å². The van der Waals surface area contributed by atoms with Crippen molar-refractivity contribution in [3.63, 3.8) is 0 Å². The van der Waals surface area contributed by atoms with E-state index < -0.39 is 0 Å². The molecule has 0 saturated carbocycles. The van der Waals surface area contributed by atoms with Gasteiger partial charge in [-0.05, 0) is 19.2 Å². The average molecular weight is 217 g/mol. The van der Waals surface area contributed by atoms with Gasteiger partial charge in [-0.2, -0.15) is 11.8 Å². The molecule has 5 heteroatoms. The van der Waals surface area contributed by atoms with Gasteiger partial charge in [0.1, 0.15) is 0 Å². The first kappa shape index (κ1) is 11.8. The molecular weight excluding hydrogens is 198 g/mol. The molecule has 1 aliphatic heterocycles. The fourth-order valence-electron chi connectivity index (χ4n) is 1.77. The van der Waals surface area contributed by atoms with Crippen LogP contribution in [0.4, 0.5) is 0 Å². The summed E-state index contributed by atoms with van der Waals surface area (Å²) in [6, 6.07) is 0.670. The molecule has 1 aliphatic rings. The van der Waals surface area contributed by atoms with Crippen molar-refractivity contribution in [2.45, 2.75) is 24.9 Å². The topological polar surface area (TPSA) is 72.3 Å². The molecule has 0 radical (unpaired) electrons. The third-order valence-corrected chi connectivity index (χ3v) is 3.91. The number of carbonyl (C=O) groups excluding carboxylic acids is 1. The summed E-state index contributed by atoms with van der Waals surface area (Å²) in [6.07, 6.45) is 1.56. The lowest BCUT2D eigenvalue weighted by Gasteiger charge is -2.31. The van der Waals surface area contributed by atoms with Gasteiger partial charge in [0.2, 0.25) is 5.91 Å². The second-order valence-electron chi connectivity index (χ2n) is 3.74. The summed E-state index contributed by atoms with van der Waals surface area (Å²) in [5, 5.41) is 0. The Kier molecular flexibility index (Phi) is 4.71. The summed E-state index contributed by atoms with van der Waals surface area (Å²) >= 11 is 1.96. The SMILES string of the molecule is CN(C1CCSC1)C(CN)CC(N)=O. The summed E-state index contributed by atoms with van der Waals surface area (Å²) in [6.45, 7) is 0.501. The van der Waals surface area contributed by atoms with Crippen LogP contribution >= 0.6 is 11.8 Å². The largest absolute Gasteiger partial charge is 0.370 e. The average Bonchev–Trinajstić information content (AvgIpc) is 2.65. The molecule has 2 unspecified atom stereocenters. The normalized spacial score (nSPS) is 24.1. The van der Waals surface area contributed by atoms with Crippen LogP contribution in [0.1, 0.15) is 12.8 Å². The van der Waals surface area contributed by atoms with Crippen LogP contribution in [0.2, 0.25) is 0 Å². The molecule has 1 rings (SSSR count). The number of nitrogens with zero attached hydrogens (tertiary/aromatic N) is 1. The van der Waals surface area contributed by atoms with E-state index in [1.54, 1.807) is 0 Å². The molecule has 82 valence electrons. The summed E-state index contributed by atoms with van der Waals surface area (Å²) in [4.78, 5) is 13.0. The minimum Gasteiger partial charge on any atom is -0.370 e. The number of amides is 1. The van der Waals surface area contributed by atoms with Crippen LogP contribution in [0.25, 0.3) is 0 Å². The molecule has 0 aromatic carbocycles. The molecule has 14 heavy (non-hydrogen) atoms. The van der Waals surface area contributed by atoms with Gasteiger partial charge in [-0.25, -0.2) is 0 Å². The first-order chi connectivity index (χ1) is 6.65. The Morgan fingerprint density at radius 2 is 2.43 bits per heavy atom. The van der Waals surface area contributed by atoms with Crippen molar-refractivity contribution in [3.8, 4) is 0 Å². The molecule has 0 spiro atoms. The summed E-state index contributed by atoms with van der Waals surface area (Å²) in [5.74, 6) is 2.09. The Balaban J connectivity index is 2.45. The van der Waals surface area contributed by atoms with Crippen molar-refractivity contribution in [3.05, 3.63) is 0 Å². The van der Waals surface area contributed by atoms with Crippen molar-refractivity contribution >= 4 is 17.7 Å². The zero-order valence-electron chi connectivity index (χ0n) is 8.61. The van der Waals surface area contributed by atoms with Crippen LogP contribution in [0.15, 0.2) is 0 Å². The lowest BCUT2D eigenvalue weighted by molar-refractivity contribution is -0.119. The lowest BCUT2D eigenvalue weighted by Crippen LogP contribution is -2.46. The molecular formula is C9H19N3OS. The van der Waals surface area contributed by atoms with Gasteiger partial charge >= 0.3 is 0 Å². The van der Waals surface area contributed by atoms with E-state index in [2.05, 4.69) is 4.90 Å². The summed E-state index contributed by atoms with van der Waals surface area (Å²) in [7, 11) is 2.04. The second-order valence-corrected chi connectivity index (χ2v) is 4.89. The zero-order valence-corrected chi connectivity index (χ0v) is 9.43. The van der Waals surface area contributed by atoms with E-state index in [-0.39, 0.29) is 11.9 Å². The first-order valence-electron chi connectivity index (χ1n) is 4.93. The standard InChI is InChI=1S/C9H19N3OS/c1-12(7-2-3-14-6-7)8(5-10)4-9(11)13/h7-8H,2-6,10H2,1H3,(H2,11,13). The Hall–Kier alpha value is -0.260. The number of hydrogen-bond donors (Lipinski definition) is 2. The lowest BCUT2D eigenvalue weighted by atomic mass is 10.1. The predicted octanol–water partition coefficient (Wildman–Crippen LogP) is -0.374. The first-order valence-corrected chi connectivity index (χ1v) is 6.08. The Bertz CT molecular complexity index is 194. The van der Waals surface area contributed by atoms with Gasteiger partial charge in [0.05, 0.1) is 0 Å². The molecule has 0 bridgehead atoms. The number of rotatable bonds is 5. The van der Waals surface area contributed by atoms with Crippen molar-refractivity contribution in [2.24, 2.45) is 11.5 Å². The summed E-state index contributed by atoms with van der Waals surface area (Å²) < 4.78 is 0. The van der Waals surface area contributed by atoms with Crippen molar-refractivity contribution in [2.75, 3.05) is 25.1 Å². The monoisotopic (exact) mass is 217 g/mol. The minimum absolute atomic E-state index is 0.108. The third kappa shape index (κ3) is 3.15. The molecule has 4 nitrogen and oxygen atoms in total. The molecule has 0 aromatic rings. The van der Waals surface area contributed by atoms with Crippen LogP contribution < -0.4 is 11.5 Å². The second kappa shape index (κ2) is 5.58. The molecule has 1 heterocycles. The van der Waals surface area contributed by atoms with E-state index in [0.29, 0.717) is 19.0 Å². The van der Waals surface area contributed by atoms with Crippen LogP contribution in [0.5, 0.6) is 0 Å². The zero-order chi connectivity index (χ0) is 10.6. The van der Waals surface area contributed by atoms with Crippen molar-refractivity contribution in [1.82, 2.24) is 4.90 Å². The molecule has 1 amide bonds. The van der Waals surface area contributed by atoms with E-state index in [1.165, 1.54) is 12.2 Å². The summed E-state index contributed by atoms with van der Waals surface area (Å²) in [5.41, 5.74) is 10.8. The van der Waals surface area contributed by atoms with Gasteiger partial charge in [-0.1, -0.05) is 0 Å². The number of primary amides is 1. The molecule has 4 N–H and O–H groups in total. The van der Waals surface area contributed by atoms with Crippen LogP contribution in [-0.2, 0) is 4.79 Å². The highest BCUT2D eigenvalue weighted by Crippen LogP contribution is 2.23. The number of thioether (sulfide) groups is 1. The van der Waals surface area contributed by atoms with E-state index in [9.17, 15) is 4.79 Å². The van der Waals surface area contributed by atoms with E-state index in [1.807, 2.05) is 18.8 Å². The van der Waals surface area contributed by atoms with E-state index >= 15 is 0 Å². The maximum absolute atomic E-state index is 10.8. The van der Waals surface area contributed by atoms with Gasteiger partial charge < -0.3 is 11.5 Å². The quantitative estimate of drug-likeness (QED) is 0.659. The maximum atomic E-state index is 10.8. The van der Waals surface area contributed by atoms with E-state index in [0.717, 1.165) is 5.75 Å². The number of likely N-dealkylation sites (N-methyl/N-ethyl adjacent to an activating group) is 1. The van der Waals surface area contributed by atoms with Crippen LogP contribution in [-0.4, -0.2) is 48.0 Å². The highest BCUT2D eigenvalue weighted by Gasteiger charge is 2.25. The molecule has 0 aliphatic carbocycles. The molecule has 1 fully saturated rings. The highest BCUT2D eigenvalue weighted by molar-refractivity contribution is 7.99. The van der Waals surface area contributed by atoms with Crippen LogP contribution in [0, 0.1) is 0 Å². The fraction of sp³-hybridized carbons (Fsp3) is 0.889. The van der Waals surface area contributed by atoms with E-state index in [4.69, 9.17) is 11.5 Å². The van der Waals surface area contributed by atoms with Gasteiger partial charge in [0.15, 0.2) is 0 Å². The number of nitrogens with two attached hydrogens (primary N) is 2. The van der Waals surface area contributed by atoms with Gasteiger partial charge in [0.25, 0.3) is 0 Å². The Morgan fingerprint density at radius 3 is 2.86 bits per heavy atom. The predicted molar refractivity (Wildman–Crippen MR) is 60.1 cm³/mol. The van der Waals surface area contributed by atoms with Crippen LogP contribution in [0.3, 0.4) is 0 Å². The number of carbonyl (C=O) groups is 1. The van der Waals surface area contributed by atoms with Gasteiger partial charge in [-0.3, -0.25) is 9.69 Å². The Morgan fingerprint density at radius 1 is 1.71 bits per heavy atom. The molecule has 1 saturated heterocycles.